The SMILES string of the molecule is COc1ccc(-c2ccc3c(c2)CN(c2nc(CN(C)C)nc(C)c2C(C)C)CCO3)cc1NS(C)(=O)=O. The summed E-state index contributed by atoms with van der Waals surface area (Å²) in [7, 11) is 2.08. The van der Waals surface area contributed by atoms with Crippen molar-refractivity contribution in [1.82, 2.24) is 14.9 Å². The third-order valence-electron chi connectivity index (χ3n) is 6.37. The molecule has 3 aromatic rings. The number of hydrogen-bond acceptors (Lipinski definition) is 8. The van der Waals surface area contributed by atoms with E-state index in [1.807, 2.05) is 32.3 Å². The van der Waals surface area contributed by atoms with Crippen LogP contribution < -0.4 is 19.1 Å². The van der Waals surface area contributed by atoms with E-state index in [0.29, 0.717) is 37.7 Å². The number of sulfonamides is 1. The van der Waals surface area contributed by atoms with Crippen LogP contribution in [0.15, 0.2) is 36.4 Å². The maximum absolute atomic E-state index is 11.9. The van der Waals surface area contributed by atoms with Gasteiger partial charge in [0.25, 0.3) is 0 Å². The number of hydrogen-bond donors (Lipinski definition) is 1. The summed E-state index contributed by atoms with van der Waals surface area (Å²) in [5, 5.41) is 0. The molecule has 9 nitrogen and oxygen atoms in total. The monoisotopic (exact) mass is 539 g/mol. The molecule has 38 heavy (non-hydrogen) atoms. The molecule has 0 radical (unpaired) electrons. The number of anilines is 2. The maximum atomic E-state index is 11.9. The summed E-state index contributed by atoms with van der Waals surface area (Å²) in [5.74, 6) is 3.32. The molecule has 0 atom stereocenters. The van der Waals surface area contributed by atoms with E-state index >= 15 is 0 Å². The second-order valence-electron chi connectivity index (χ2n) is 10.2. The van der Waals surface area contributed by atoms with E-state index in [0.717, 1.165) is 51.6 Å². The average Bonchev–Trinajstić information content (AvgIpc) is 3.04. The van der Waals surface area contributed by atoms with E-state index in [9.17, 15) is 8.42 Å². The lowest BCUT2D eigenvalue weighted by atomic mass is 10.00. The number of nitrogens with one attached hydrogen (secondary N) is 1. The van der Waals surface area contributed by atoms with Gasteiger partial charge in [-0.25, -0.2) is 18.4 Å². The number of rotatable bonds is 8. The molecule has 2 heterocycles. The van der Waals surface area contributed by atoms with E-state index in [2.05, 4.69) is 41.4 Å². The Labute approximate surface area is 225 Å². The minimum atomic E-state index is -3.46. The van der Waals surface area contributed by atoms with E-state index < -0.39 is 10.0 Å². The first-order chi connectivity index (χ1) is 17.9. The lowest BCUT2D eigenvalue weighted by Crippen LogP contribution is -2.29. The Kier molecular flexibility index (Phi) is 8.13. The van der Waals surface area contributed by atoms with Crippen LogP contribution in [0.2, 0.25) is 0 Å². The molecule has 0 saturated heterocycles. The standard InChI is InChI=1S/C28H37N5O4S/c1-18(2)27-19(3)29-26(17-32(4)5)30-28(27)33-12-13-37-24-10-8-20(14-22(24)16-33)21-9-11-25(36-6)23(15-21)31-38(7,34)35/h8-11,14-15,18,31H,12-13,16-17H2,1-7H3. The summed E-state index contributed by atoms with van der Waals surface area (Å²) in [6, 6.07) is 11.5. The van der Waals surface area contributed by atoms with E-state index in [4.69, 9.17) is 19.4 Å². The van der Waals surface area contributed by atoms with Crippen LogP contribution in [0.25, 0.3) is 11.1 Å². The van der Waals surface area contributed by atoms with Gasteiger partial charge in [-0.2, -0.15) is 0 Å². The lowest BCUT2D eigenvalue weighted by Gasteiger charge is -2.27. The average molecular weight is 540 g/mol. The fourth-order valence-electron chi connectivity index (χ4n) is 4.82. The van der Waals surface area contributed by atoms with Crippen molar-refractivity contribution in [2.75, 3.05) is 50.2 Å². The lowest BCUT2D eigenvalue weighted by molar-refractivity contribution is 0.331. The molecule has 204 valence electrons. The van der Waals surface area contributed by atoms with E-state index in [1.54, 1.807) is 12.1 Å². The number of methoxy groups -OCH3 is 1. The zero-order chi connectivity index (χ0) is 27.6. The third-order valence-corrected chi connectivity index (χ3v) is 6.96. The smallest absolute Gasteiger partial charge is 0.229 e. The van der Waals surface area contributed by atoms with E-state index in [1.165, 1.54) is 7.11 Å². The Bertz CT molecular complexity index is 1420. The maximum Gasteiger partial charge on any atom is 0.229 e. The first-order valence-corrected chi connectivity index (χ1v) is 14.5. The quantitative estimate of drug-likeness (QED) is 0.450. The summed E-state index contributed by atoms with van der Waals surface area (Å²) in [4.78, 5) is 14.2. The Morgan fingerprint density at radius 2 is 1.84 bits per heavy atom. The summed E-state index contributed by atoms with van der Waals surface area (Å²) in [6.07, 6.45) is 1.12. The first-order valence-electron chi connectivity index (χ1n) is 12.6. The van der Waals surface area contributed by atoms with E-state index in [-0.39, 0.29) is 5.92 Å². The molecule has 1 aromatic heterocycles. The molecule has 10 heteroatoms. The summed E-state index contributed by atoms with van der Waals surface area (Å²) in [6.45, 7) is 8.95. The van der Waals surface area contributed by atoms with Crippen molar-refractivity contribution in [2.45, 2.75) is 39.8 Å². The molecule has 2 aromatic carbocycles. The van der Waals surface area contributed by atoms with Crippen LogP contribution in [0.3, 0.4) is 0 Å². The topological polar surface area (TPSA) is 96.9 Å². The summed E-state index contributed by atoms with van der Waals surface area (Å²) < 4.78 is 37.8. The molecule has 0 spiro atoms. The molecule has 1 N–H and O–H groups in total. The van der Waals surface area contributed by atoms with Crippen molar-refractivity contribution < 1.29 is 17.9 Å². The number of aryl methyl sites for hydroxylation is 1. The van der Waals surface area contributed by atoms with Gasteiger partial charge in [0.15, 0.2) is 0 Å². The zero-order valence-electron chi connectivity index (χ0n) is 23.2. The Morgan fingerprint density at radius 1 is 1.13 bits per heavy atom. The normalized spacial score (nSPS) is 13.8. The van der Waals surface area contributed by atoms with Gasteiger partial charge in [-0.1, -0.05) is 26.0 Å². The van der Waals surface area contributed by atoms with Gasteiger partial charge in [0, 0.05) is 23.4 Å². The van der Waals surface area contributed by atoms with Gasteiger partial charge < -0.3 is 19.3 Å². The van der Waals surface area contributed by atoms with Crippen molar-refractivity contribution in [3.05, 3.63) is 59.0 Å². The summed E-state index contributed by atoms with van der Waals surface area (Å²) >= 11 is 0. The molecule has 0 aliphatic carbocycles. The van der Waals surface area contributed by atoms with Crippen LogP contribution >= 0.6 is 0 Å². The van der Waals surface area contributed by atoms with Crippen LogP contribution in [0.4, 0.5) is 11.5 Å². The van der Waals surface area contributed by atoms with Crippen molar-refractivity contribution >= 4 is 21.5 Å². The minimum absolute atomic E-state index is 0.272. The predicted molar refractivity (Wildman–Crippen MR) is 152 cm³/mol. The highest BCUT2D eigenvalue weighted by Crippen LogP contribution is 2.36. The fraction of sp³-hybridized carbons (Fsp3) is 0.429. The number of aromatic nitrogens is 2. The second kappa shape index (κ2) is 11.2. The van der Waals surface area contributed by atoms with Gasteiger partial charge in [-0.15, -0.1) is 0 Å². The summed E-state index contributed by atoms with van der Waals surface area (Å²) in [5.41, 5.74) is 5.40. The van der Waals surface area contributed by atoms with Gasteiger partial charge in [-0.3, -0.25) is 4.72 Å². The van der Waals surface area contributed by atoms with Gasteiger partial charge in [0.05, 0.1) is 32.1 Å². The Balaban J connectivity index is 1.73. The van der Waals surface area contributed by atoms with Gasteiger partial charge in [0.2, 0.25) is 10.0 Å². The largest absolute Gasteiger partial charge is 0.495 e. The molecule has 1 aliphatic rings. The number of benzene rings is 2. The Hall–Kier alpha value is -3.37. The number of nitrogens with zero attached hydrogens (tertiary/aromatic N) is 4. The first kappa shape index (κ1) is 27.7. The molecule has 0 unspecified atom stereocenters. The Morgan fingerprint density at radius 3 is 2.50 bits per heavy atom. The number of fused-ring (bicyclic) bond motifs is 1. The van der Waals surface area contributed by atoms with Crippen molar-refractivity contribution in [1.29, 1.82) is 0 Å². The molecular weight excluding hydrogens is 502 g/mol. The number of ether oxygens (including phenoxy) is 2. The predicted octanol–water partition coefficient (Wildman–Crippen LogP) is 4.42. The highest BCUT2D eigenvalue weighted by Gasteiger charge is 2.24. The van der Waals surface area contributed by atoms with Crippen LogP contribution in [-0.4, -0.2) is 63.9 Å². The highest BCUT2D eigenvalue weighted by atomic mass is 32.2. The van der Waals surface area contributed by atoms with Crippen LogP contribution in [-0.2, 0) is 23.1 Å². The second-order valence-corrected chi connectivity index (χ2v) is 12.0. The zero-order valence-corrected chi connectivity index (χ0v) is 24.0. The molecular formula is C28H37N5O4S. The highest BCUT2D eigenvalue weighted by molar-refractivity contribution is 7.92. The van der Waals surface area contributed by atoms with Crippen molar-refractivity contribution in [3.8, 4) is 22.6 Å². The molecule has 4 rings (SSSR count). The molecule has 0 fully saturated rings. The fourth-order valence-corrected chi connectivity index (χ4v) is 5.37. The molecule has 0 amide bonds. The third kappa shape index (κ3) is 6.36. The van der Waals surface area contributed by atoms with Gasteiger partial charge in [-0.05, 0) is 62.3 Å². The van der Waals surface area contributed by atoms with Crippen LogP contribution in [0, 0.1) is 6.92 Å². The molecule has 1 aliphatic heterocycles. The van der Waals surface area contributed by atoms with Gasteiger partial charge in [0.1, 0.15) is 29.7 Å². The van der Waals surface area contributed by atoms with Crippen molar-refractivity contribution in [2.24, 2.45) is 0 Å². The van der Waals surface area contributed by atoms with Crippen LogP contribution in [0.1, 0.15) is 42.4 Å². The van der Waals surface area contributed by atoms with Gasteiger partial charge >= 0.3 is 0 Å². The van der Waals surface area contributed by atoms with Crippen molar-refractivity contribution in [3.63, 3.8) is 0 Å². The van der Waals surface area contributed by atoms with Crippen LogP contribution in [0.5, 0.6) is 11.5 Å². The molecule has 0 bridgehead atoms. The minimum Gasteiger partial charge on any atom is -0.495 e. The molecule has 0 saturated carbocycles.